The van der Waals surface area contributed by atoms with Gasteiger partial charge in [-0.2, -0.15) is 4.98 Å². The summed E-state index contributed by atoms with van der Waals surface area (Å²) in [6.45, 7) is 1.28. The number of hydrogen-bond donors (Lipinski definition) is 1. The van der Waals surface area contributed by atoms with Crippen molar-refractivity contribution in [2.24, 2.45) is 0 Å². The van der Waals surface area contributed by atoms with Crippen molar-refractivity contribution >= 4 is 11.8 Å². The van der Waals surface area contributed by atoms with Crippen LogP contribution in [0.4, 0.5) is 16.2 Å². The average molecular weight is 252 g/mol. The molecular formula is C12H17FN4O. The van der Waals surface area contributed by atoms with Gasteiger partial charge in [0.05, 0.1) is 24.9 Å². The molecule has 0 bridgehead atoms. The smallest absolute Gasteiger partial charge is 0.222 e. The maximum absolute atomic E-state index is 13.8. The van der Waals surface area contributed by atoms with Crippen LogP contribution in [0.2, 0.25) is 0 Å². The van der Waals surface area contributed by atoms with E-state index in [2.05, 4.69) is 9.97 Å². The fraction of sp³-hybridized carbons (Fsp3) is 0.667. The molecule has 1 aliphatic carbocycles. The molecule has 1 aliphatic heterocycles. The Balaban J connectivity index is 1.91. The number of rotatable bonds is 1. The van der Waals surface area contributed by atoms with Crippen LogP contribution >= 0.6 is 0 Å². The Bertz CT molecular complexity index is 440. The van der Waals surface area contributed by atoms with Gasteiger partial charge in [0, 0.05) is 6.54 Å². The van der Waals surface area contributed by atoms with E-state index in [1.54, 1.807) is 0 Å². The Morgan fingerprint density at radius 2 is 2.22 bits per heavy atom. The highest BCUT2D eigenvalue weighted by Gasteiger charge is 2.36. The fourth-order valence-electron chi connectivity index (χ4n) is 2.93. The summed E-state index contributed by atoms with van der Waals surface area (Å²) < 4.78 is 19.6. The highest BCUT2D eigenvalue weighted by molar-refractivity contribution is 5.44. The molecule has 2 heterocycles. The lowest BCUT2D eigenvalue weighted by atomic mass is 9.90. The fourth-order valence-corrected chi connectivity index (χ4v) is 2.93. The van der Waals surface area contributed by atoms with Crippen LogP contribution in [-0.4, -0.2) is 35.3 Å². The summed E-state index contributed by atoms with van der Waals surface area (Å²) in [5.74, 6) is 0.0309. The van der Waals surface area contributed by atoms with Crippen molar-refractivity contribution in [2.75, 3.05) is 23.8 Å². The lowest BCUT2D eigenvalue weighted by molar-refractivity contribution is -0.00924. The van der Waals surface area contributed by atoms with Gasteiger partial charge in [0.1, 0.15) is 0 Å². The van der Waals surface area contributed by atoms with Crippen LogP contribution in [0.1, 0.15) is 25.7 Å². The Morgan fingerprint density at radius 1 is 1.39 bits per heavy atom. The van der Waals surface area contributed by atoms with E-state index in [0.717, 1.165) is 25.5 Å². The van der Waals surface area contributed by atoms with Gasteiger partial charge in [-0.25, -0.2) is 9.37 Å². The van der Waals surface area contributed by atoms with Gasteiger partial charge in [-0.1, -0.05) is 12.8 Å². The third-order valence-electron chi connectivity index (χ3n) is 3.75. The molecule has 2 unspecified atom stereocenters. The number of morpholine rings is 1. The van der Waals surface area contributed by atoms with Crippen molar-refractivity contribution in [3.63, 3.8) is 0 Å². The van der Waals surface area contributed by atoms with E-state index in [-0.39, 0.29) is 18.1 Å². The van der Waals surface area contributed by atoms with E-state index in [4.69, 9.17) is 10.5 Å². The van der Waals surface area contributed by atoms with Crippen molar-refractivity contribution in [1.29, 1.82) is 0 Å². The first-order valence-electron chi connectivity index (χ1n) is 6.42. The number of hydrogen-bond acceptors (Lipinski definition) is 5. The normalized spacial score (nSPS) is 27.9. The first-order valence-corrected chi connectivity index (χ1v) is 6.42. The molecule has 2 N–H and O–H groups in total. The molecule has 0 radical (unpaired) electrons. The first kappa shape index (κ1) is 11.6. The number of aromatic nitrogens is 2. The van der Waals surface area contributed by atoms with Crippen LogP contribution in [0.15, 0.2) is 6.20 Å². The van der Waals surface area contributed by atoms with Gasteiger partial charge in [0.25, 0.3) is 0 Å². The molecule has 1 saturated carbocycles. The Hall–Kier alpha value is -1.43. The van der Waals surface area contributed by atoms with Crippen LogP contribution in [0, 0.1) is 5.82 Å². The summed E-state index contributed by atoms with van der Waals surface area (Å²) in [5.41, 5.74) is 5.56. The van der Waals surface area contributed by atoms with E-state index in [1.807, 2.05) is 4.90 Å². The first-order chi connectivity index (χ1) is 8.75. The van der Waals surface area contributed by atoms with E-state index in [0.29, 0.717) is 19.0 Å². The van der Waals surface area contributed by atoms with Crippen LogP contribution in [0.5, 0.6) is 0 Å². The molecule has 6 heteroatoms. The van der Waals surface area contributed by atoms with Crippen molar-refractivity contribution in [3.8, 4) is 0 Å². The van der Waals surface area contributed by atoms with Gasteiger partial charge in [-0.3, -0.25) is 0 Å². The molecule has 0 aromatic carbocycles. The van der Waals surface area contributed by atoms with Crippen molar-refractivity contribution in [3.05, 3.63) is 12.0 Å². The molecule has 1 saturated heterocycles. The molecule has 98 valence electrons. The summed E-state index contributed by atoms with van der Waals surface area (Å²) in [6.07, 6.45) is 5.75. The van der Waals surface area contributed by atoms with Crippen LogP contribution in [0.25, 0.3) is 0 Å². The maximum atomic E-state index is 13.8. The second kappa shape index (κ2) is 4.68. The van der Waals surface area contributed by atoms with E-state index in [1.165, 1.54) is 6.42 Å². The number of nitrogen functional groups attached to an aromatic ring is 1. The minimum Gasteiger partial charge on any atom is -0.374 e. The van der Waals surface area contributed by atoms with Crippen molar-refractivity contribution < 1.29 is 9.13 Å². The van der Waals surface area contributed by atoms with Crippen molar-refractivity contribution in [1.82, 2.24) is 9.97 Å². The summed E-state index contributed by atoms with van der Waals surface area (Å²) in [4.78, 5) is 9.72. The molecule has 1 aromatic rings. The largest absolute Gasteiger partial charge is 0.374 e. The summed E-state index contributed by atoms with van der Waals surface area (Å²) in [5, 5.41) is 0. The number of ether oxygens (including phenoxy) is 1. The zero-order valence-corrected chi connectivity index (χ0v) is 10.2. The lowest BCUT2D eigenvalue weighted by Gasteiger charge is -2.44. The Labute approximate surface area is 105 Å². The highest BCUT2D eigenvalue weighted by atomic mass is 19.1. The molecule has 5 nitrogen and oxygen atoms in total. The molecule has 2 aliphatic rings. The molecule has 2 atom stereocenters. The molecule has 0 spiro atoms. The quantitative estimate of drug-likeness (QED) is 0.817. The monoisotopic (exact) mass is 252 g/mol. The zero-order valence-electron chi connectivity index (χ0n) is 10.2. The van der Waals surface area contributed by atoms with E-state index < -0.39 is 5.82 Å². The Kier molecular flexibility index (Phi) is 3.03. The predicted molar refractivity (Wildman–Crippen MR) is 65.7 cm³/mol. The minimum atomic E-state index is -0.407. The molecular weight excluding hydrogens is 235 g/mol. The minimum absolute atomic E-state index is 0.116. The third-order valence-corrected chi connectivity index (χ3v) is 3.75. The van der Waals surface area contributed by atoms with Crippen LogP contribution in [-0.2, 0) is 4.74 Å². The van der Waals surface area contributed by atoms with Gasteiger partial charge < -0.3 is 15.4 Å². The Morgan fingerprint density at radius 3 is 3.11 bits per heavy atom. The van der Waals surface area contributed by atoms with Crippen molar-refractivity contribution in [2.45, 2.75) is 37.8 Å². The number of nitrogens with zero attached hydrogens (tertiary/aromatic N) is 3. The number of halogens is 1. The zero-order chi connectivity index (χ0) is 12.5. The second-order valence-electron chi connectivity index (χ2n) is 4.85. The van der Waals surface area contributed by atoms with Gasteiger partial charge >= 0.3 is 0 Å². The average Bonchev–Trinajstić information content (AvgIpc) is 2.41. The molecule has 0 amide bonds. The highest BCUT2D eigenvalue weighted by Crippen LogP contribution is 2.32. The lowest BCUT2D eigenvalue weighted by Crippen LogP contribution is -2.53. The van der Waals surface area contributed by atoms with Gasteiger partial charge in [0.15, 0.2) is 11.6 Å². The maximum Gasteiger partial charge on any atom is 0.222 e. The van der Waals surface area contributed by atoms with Gasteiger partial charge in [-0.05, 0) is 12.8 Å². The molecule has 1 aromatic heterocycles. The summed E-state index contributed by atoms with van der Waals surface area (Å²) in [6, 6.07) is 0.219. The third kappa shape index (κ3) is 2.01. The van der Waals surface area contributed by atoms with E-state index in [9.17, 15) is 4.39 Å². The van der Waals surface area contributed by atoms with Crippen LogP contribution < -0.4 is 10.6 Å². The number of anilines is 2. The van der Waals surface area contributed by atoms with Crippen LogP contribution in [0.3, 0.4) is 0 Å². The summed E-state index contributed by atoms with van der Waals surface area (Å²) >= 11 is 0. The topological polar surface area (TPSA) is 64.3 Å². The van der Waals surface area contributed by atoms with Gasteiger partial charge in [0.2, 0.25) is 5.95 Å². The van der Waals surface area contributed by atoms with E-state index >= 15 is 0 Å². The molecule has 2 fully saturated rings. The SMILES string of the molecule is Nc1ncc(F)c(N2CCOC3CCCCC32)n1. The predicted octanol–water partition coefficient (Wildman–Crippen LogP) is 1.35. The standard InChI is InChI=1S/C12H17FN4O/c13-8-7-15-12(14)16-11(8)17-5-6-18-10-4-2-1-3-9(10)17/h7,9-10H,1-6H2,(H2,14,15,16). The van der Waals surface area contributed by atoms with Gasteiger partial charge in [-0.15, -0.1) is 0 Å². The number of fused-ring (bicyclic) bond motifs is 1. The second-order valence-corrected chi connectivity index (χ2v) is 4.85. The molecule has 18 heavy (non-hydrogen) atoms. The number of nitrogens with two attached hydrogens (primary N) is 1. The molecule has 3 rings (SSSR count). The summed E-state index contributed by atoms with van der Waals surface area (Å²) in [7, 11) is 0.